The van der Waals surface area contributed by atoms with Crippen LogP contribution in [0.2, 0.25) is 0 Å². The number of halogens is 2. The number of rotatable bonds is 10. The maximum Gasteiger partial charge on any atom is 0.338 e. The van der Waals surface area contributed by atoms with Crippen molar-refractivity contribution in [3.8, 4) is 23.3 Å². The van der Waals surface area contributed by atoms with E-state index in [1.54, 1.807) is 44.4 Å². The van der Waals surface area contributed by atoms with Gasteiger partial charge in [-0.05, 0) is 71.5 Å². The van der Waals surface area contributed by atoms with E-state index in [0.29, 0.717) is 54.5 Å². The van der Waals surface area contributed by atoms with Gasteiger partial charge in [-0.1, -0.05) is 81.9 Å². The first-order valence-corrected chi connectivity index (χ1v) is 18.1. The highest BCUT2D eigenvalue weighted by Crippen LogP contribution is 2.39. The van der Waals surface area contributed by atoms with Crippen LogP contribution in [-0.2, 0) is 16.1 Å². The van der Waals surface area contributed by atoms with Crippen molar-refractivity contribution in [2.75, 3.05) is 20.8 Å². The molecule has 1 aromatic heterocycles. The van der Waals surface area contributed by atoms with E-state index in [4.69, 9.17) is 23.9 Å². The van der Waals surface area contributed by atoms with Crippen molar-refractivity contribution in [2.24, 2.45) is 4.99 Å². The average molecular weight is 863 g/mol. The summed E-state index contributed by atoms with van der Waals surface area (Å²) in [6.07, 6.45) is 1.77. The number of carbonyl (C=O) groups is 1. The molecular formula is C38H29BrIN3O6S. The van der Waals surface area contributed by atoms with Gasteiger partial charge in [-0.3, -0.25) is 9.36 Å². The topological polar surface area (TPSA) is 112 Å². The monoisotopic (exact) mass is 861 g/mol. The van der Waals surface area contributed by atoms with Crippen LogP contribution in [0.25, 0.3) is 11.8 Å². The van der Waals surface area contributed by atoms with E-state index in [0.717, 1.165) is 13.6 Å². The molecule has 2 heterocycles. The second-order valence-electron chi connectivity index (χ2n) is 10.9. The second-order valence-corrected chi connectivity index (χ2v) is 14.0. The molecule has 5 aromatic rings. The average Bonchev–Trinajstić information content (AvgIpc) is 3.44. The van der Waals surface area contributed by atoms with Gasteiger partial charge >= 0.3 is 5.97 Å². The minimum atomic E-state index is -0.900. The number of hydrogen-bond donors (Lipinski definition) is 0. The Bertz CT molecular complexity index is 2360. The number of methoxy groups -OCH3 is 2. The van der Waals surface area contributed by atoms with E-state index in [1.165, 1.54) is 23.0 Å². The zero-order valence-electron chi connectivity index (χ0n) is 27.1. The molecule has 0 bridgehead atoms. The maximum absolute atomic E-state index is 14.6. The number of ether oxygens (including phenoxy) is 4. The van der Waals surface area contributed by atoms with Crippen molar-refractivity contribution in [3.63, 3.8) is 0 Å². The summed E-state index contributed by atoms with van der Waals surface area (Å²) in [6, 6.07) is 27.0. The molecule has 0 radical (unpaired) electrons. The van der Waals surface area contributed by atoms with Gasteiger partial charge in [-0.2, -0.15) is 5.26 Å². The lowest BCUT2D eigenvalue weighted by Crippen LogP contribution is -2.40. The van der Waals surface area contributed by atoms with Gasteiger partial charge in [0.15, 0.2) is 16.3 Å². The van der Waals surface area contributed by atoms with Crippen LogP contribution in [0.15, 0.2) is 105 Å². The molecule has 0 saturated heterocycles. The normalized spacial score (nSPS) is 14.0. The lowest BCUT2D eigenvalue weighted by Gasteiger charge is -2.26. The fourth-order valence-corrected chi connectivity index (χ4v) is 8.36. The molecule has 0 fully saturated rings. The summed E-state index contributed by atoms with van der Waals surface area (Å²) in [7, 11) is 3.07. The summed E-state index contributed by atoms with van der Waals surface area (Å²) in [5, 5.41) is 9.59. The number of nitrogens with zero attached hydrogens (tertiary/aromatic N) is 3. The van der Waals surface area contributed by atoms with E-state index < -0.39 is 12.0 Å². The summed E-state index contributed by atoms with van der Waals surface area (Å²) < 4.78 is 26.5. The molecule has 9 nitrogen and oxygen atoms in total. The Hall–Kier alpha value is -4.71. The lowest BCUT2D eigenvalue weighted by atomic mass is 9.93. The molecule has 0 aliphatic carbocycles. The molecule has 4 aromatic carbocycles. The van der Waals surface area contributed by atoms with E-state index in [2.05, 4.69) is 44.6 Å². The Morgan fingerprint density at radius 3 is 2.50 bits per heavy atom. The van der Waals surface area contributed by atoms with Crippen molar-refractivity contribution < 1.29 is 23.7 Å². The summed E-state index contributed by atoms with van der Waals surface area (Å²) in [5.41, 5.74) is 3.52. The molecule has 0 spiro atoms. The Kier molecular flexibility index (Phi) is 10.9. The van der Waals surface area contributed by atoms with Gasteiger partial charge in [-0.25, -0.2) is 9.79 Å². The Labute approximate surface area is 314 Å². The summed E-state index contributed by atoms with van der Waals surface area (Å²) in [4.78, 5) is 33.8. The van der Waals surface area contributed by atoms with Crippen molar-refractivity contribution >= 4 is 67.6 Å². The molecule has 0 N–H and O–H groups in total. The predicted molar refractivity (Wildman–Crippen MR) is 203 cm³/mol. The van der Waals surface area contributed by atoms with Gasteiger partial charge in [0.05, 0.1) is 57.9 Å². The third-order valence-electron chi connectivity index (χ3n) is 7.93. The number of esters is 1. The number of benzene rings is 4. The van der Waals surface area contributed by atoms with E-state index in [-0.39, 0.29) is 24.3 Å². The molecule has 50 heavy (non-hydrogen) atoms. The minimum absolute atomic E-state index is 0.136. The van der Waals surface area contributed by atoms with Crippen molar-refractivity contribution in [1.82, 2.24) is 4.57 Å². The molecule has 1 atom stereocenters. The number of aromatic nitrogens is 1. The Balaban J connectivity index is 1.58. The summed E-state index contributed by atoms with van der Waals surface area (Å²) >= 11 is 6.99. The van der Waals surface area contributed by atoms with Crippen LogP contribution in [0, 0.1) is 14.9 Å². The third kappa shape index (κ3) is 6.98. The molecule has 1 aliphatic heterocycles. The standard InChI is InChI=1S/C38H29BrIN3O6S/c1-4-48-37(45)32-33(22-10-6-5-7-11-22)42-38-43(34(32)23-14-15-29(46-2)30(17-23)47-3)36(44)31(50-38)18-26-16-27(39)19-28(40)35(26)49-21-25-13-9-8-12-24(25)20-41/h5-19,34H,4,21H2,1-3H3/b31-18-/t34-/m1/s1. The minimum Gasteiger partial charge on any atom is -0.493 e. The molecule has 6 rings (SSSR count). The number of carbonyl (C=O) groups excluding carboxylic acids is 1. The largest absolute Gasteiger partial charge is 0.493 e. The number of nitriles is 1. The van der Waals surface area contributed by atoms with Gasteiger partial charge in [0, 0.05) is 21.2 Å². The van der Waals surface area contributed by atoms with Crippen LogP contribution in [0.3, 0.4) is 0 Å². The van der Waals surface area contributed by atoms with Crippen molar-refractivity contribution in [3.05, 3.63) is 146 Å². The van der Waals surface area contributed by atoms with Crippen LogP contribution < -0.4 is 29.1 Å². The summed E-state index contributed by atoms with van der Waals surface area (Å²) in [6.45, 7) is 2.03. The molecule has 12 heteroatoms. The smallest absolute Gasteiger partial charge is 0.338 e. The fraction of sp³-hybridized carbons (Fsp3) is 0.158. The summed E-state index contributed by atoms with van der Waals surface area (Å²) in [5.74, 6) is 0.917. The molecule has 0 unspecified atom stereocenters. The zero-order chi connectivity index (χ0) is 35.4. The Morgan fingerprint density at radius 2 is 1.78 bits per heavy atom. The van der Waals surface area contributed by atoms with Crippen LogP contribution in [0.5, 0.6) is 17.2 Å². The highest BCUT2D eigenvalue weighted by Gasteiger charge is 2.35. The molecule has 0 saturated carbocycles. The van der Waals surface area contributed by atoms with Crippen LogP contribution in [0.1, 0.15) is 40.8 Å². The van der Waals surface area contributed by atoms with E-state index >= 15 is 0 Å². The first-order valence-electron chi connectivity index (χ1n) is 15.4. The maximum atomic E-state index is 14.6. The highest BCUT2D eigenvalue weighted by atomic mass is 127. The predicted octanol–water partition coefficient (Wildman–Crippen LogP) is 6.77. The van der Waals surface area contributed by atoms with Crippen molar-refractivity contribution in [2.45, 2.75) is 19.6 Å². The van der Waals surface area contributed by atoms with E-state index in [1.807, 2.05) is 60.7 Å². The highest BCUT2D eigenvalue weighted by molar-refractivity contribution is 14.1. The quantitative estimate of drug-likeness (QED) is 0.113. The van der Waals surface area contributed by atoms with Gasteiger partial charge in [0.25, 0.3) is 5.56 Å². The number of thiazole rings is 1. The molecule has 252 valence electrons. The van der Waals surface area contributed by atoms with Crippen LogP contribution in [0.4, 0.5) is 0 Å². The van der Waals surface area contributed by atoms with Gasteiger partial charge in [0.2, 0.25) is 0 Å². The fourth-order valence-electron chi connectivity index (χ4n) is 5.66. The van der Waals surface area contributed by atoms with Gasteiger partial charge in [0.1, 0.15) is 12.4 Å². The van der Waals surface area contributed by atoms with Crippen LogP contribution >= 0.6 is 49.9 Å². The van der Waals surface area contributed by atoms with E-state index in [9.17, 15) is 14.9 Å². The lowest BCUT2D eigenvalue weighted by molar-refractivity contribution is -0.138. The SMILES string of the molecule is CCOC(=O)C1=C(c2ccccc2)N=c2s/c(=C\c3cc(Br)cc(I)c3OCc3ccccc3C#N)c(=O)n2[C@@H]1c1ccc(OC)c(OC)c1. The number of fused-ring (bicyclic) bond motifs is 1. The second kappa shape index (κ2) is 15.5. The van der Waals surface area contributed by atoms with Crippen molar-refractivity contribution in [1.29, 1.82) is 5.26 Å². The molecule has 1 aliphatic rings. The van der Waals surface area contributed by atoms with Gasteiger partial charge in [-0.15, -0.1) is 0 Å². The zero-order valence-corrected chi connectivity index (χ0v) is 31.7. The van der Waals surface area contributed by atoms with Crippen LogP contribution in [-0.4, -0.2) is 31.4 Å². The first kappa shape index (κ1) is 35.1. The van der Waals surface area contributed by atoms with Gasteiger partial charge < -0.3 is 18.9 Å². The third-order valence-corrected chi connectivity index (χ3v) is 10.2. The Morgan fingerprint density at radius 1 is 1.04 bits per heavy atom. The molecular weight excluding hydrogens is 833 g/mol. The number of hydrogen-bond acceptors (Lipinski definition) is 9. The molecule has 0 amide bonds. The first-order chi connectivity index (χ1) is 24.3.